The van der Waals surface area contributed by atoms with Gasteiger partial charge in [-0.2, -0.15) is 0 Å². The second-order valence-electron chi connectivity index (χ2n) is 6.45. The molecule has 0 saturated carbocycles. The fourth-order valence-corrected chi connectivity index (χ4v) is 4.08. The highest BCUT2D eigenvalue weighted by Crippen LogP contribution is 2.25. The van der Waals surface area contributed by atoms with E-state index in [9.17, 15) is 4.79 Å². The number of nitrogens with one attached hydrogen (secondary N) is 1. The van der Waals surface area contributed by atoms with E-state index in [1.807, 2.05) is 12.1 Å². The van der Waals surface area contributed by atoms with Gasteiger partial charge in [-0.15, -0.1) is 0 Å². The molecule has 3 aliphatic heterocycles. The van der Waals surface area contributed by atoms with Crippen molar-refractivity contribution < 1.29 is 4.79 Å². The van der Waals surface area contributed by atoms with Crippen LogP contribution in [0.1, 0.15) is 34.3 Å². The van der Waals surface area contributed by atoms with Crippen LogP contribution in [0.4, 0.5) is 0 Å². The zero-order valence-electron chi connectivity index (χ0n) is 12.5. The van der Waals surface area contributed by atoms with E-state index < -0.39 is 0 Å². The number of hydrogen-bond acceptors (Lipinski definition) is 3. The van der Waals surface area contributed by atoms with E-state index in [-0.39, 0.29) is 5.91 Å². The van der Waals surface area contributed by atoms with Crippen molar-refractivity contribution >= 4 is 5.91 Å². The second-order valence-corrected chi connectivity index (χ2v) is 6.45. The first-order valence-electron chi connectivity index (χ1n) is 8.18. The monoisotopic (exact) mass is 285 g/mol. The van der Waals surface area contributed by atoms with Gasteiger partial charge in [0.2, 0.25) is 0 Å². The maximum absolute atomic E-state index is 12.9. The van der Waals surface area contributed by atoms with Gasteiger partial charge in [0, 0.05) is 37.8 Å². The van der Waals surface area contributed by atoms with E-state index in [2.05, 4.69) is 21.2 Å². The van der Waals surface area contributed by atoms with Crippen LogP contribution in [-0.2, 0) is 13.0 Å². The lowest BCUT2D eigenvalue weighted by molar-refractivity contribution is 0.0570. The summed E-state index contributed by atoms with van der Waals surface area (Å²) in [5, 5.41) is 3.39. The molecule has 1 aromatic carbocycles. The van der Waals surface area contributed by atoms with Crippen LogP contribution in [0.2, 0.25) is 0 Å². The predicted octanol–water partition coefficient (Wildman–Crippen LogP) is 1.25. The summed E-state index contributed by atoms with van der Waals surface area (Å²) in [5.74, 6) is 0.250. The summed E-state index contributed by atoms with van der Waals surface area (Å²) in [6.07, 6.45) is 3.51. The molecular formula is C17H23N3O. The van der Waals surface area contributed by atoms with Crippen LogP contribution in [0.15, 0.2) is 18.2 Å². The molecule has 3 aliphatic rings. The van der Waals surface area contributed by atoms with Crippen LogP contribution in [-0.4, -0.2) is 54.5 Å². The van der Waals surface area contributed by atoms with Gasteiger partial charge >= 0.3 is 0 Å². The smallest absolute Gasteiger partial charge is 0.254 e. The minimum absolute atomic E-state index is 0.250. The van der Waals surface area contributed by atoms with Crippen LogP contribution in [0.3, 0.4) is 0 Å². The number of carbonyl (C=O) groups excluding carboxylic acids is 1. The lowest BCUT2D eigenvalue weighted by Gasteiger charge is -2.38. The molecule has 0 bridgehead atoms. The highest BCUT2D eigenvalue weighted by atomic mass is 16.2. The number of hydrogen-bond donors (Lipinski definition) is 1. The fourth-order valence-electron chi connectivity index (χ4n) is 4.08. The highest BCUT2D eigenvalue weighted by molar-refractivity contribution is 5.96. The standard InChI is InChI=1S/C17H23N3O/c21-17(20-10-9-19-8-2-4-14(19)12-20)16-5-1-3-13-11-18-7-6-15(13)16/h1,3,5,14,18H,2,4,6-12H2. The number of piperazine rings is 1. The summed E-state index contributed by atoms with van der Waals surface area (Å²) in [7, 11) is 0. The van der Waals surface area contributed by atoms with E-state index in [1.165, 1.54) is 30.5 Å². The van der Waals surface area contributed by atoms with Crippen molar-refractivity contribution in [3.63, 3.8) is 0 Å². The highest BCUT2D eigenvalue weighted by Gasteiger charge is 2.33. The van der Waals surface area contributed by atoms with Gasteiger partial charge < -0.3 is 10.2 Å². The molecule has 21 heavy (non-hydrogen) atoms. The number of amides is 1. The maximum atomic E-state index is 12.9. The second kappa shape index (κ2) is 5.43. The van der Waals surface area contributed by atoms with Crippen molar-refractivity contribution in [3.8, 4) is 0 Å². The largest absolute Gasteiger partial charge is 0.336 e. The van der Waals surface area contributed by atoms with Crippen LogP contribution in [0.25, 0.3) is 0 Å². The molecule has 0 aliphatic carbocycles. The van der Waals surface area contributed by atoms with Crippen LogP contribution in [0, 0.1) is 0 Å². The van der Waals surface area contributed by atoms with Crippen molar-refractivity contribution in [1.29, 1.82) is 0 Å². The third kappa shape index (κ3) is 2.36. The van der Waals surface area contributed by atoms with E-state index >= 15 is 0 Å². The molecule has 1 atom stereocenters. The summed E-state index contributed by atoms with van der Waals surface area (Å²) >= 11 is 0. The lowest BCUT2D eigenvalue weighted by Crippen LogP contribution is -2.52. The van der Waals surface area contributed by atoms with Gasteiger partial charge in [-0.05, 0) is 49.5 Å². The van der Waals surface area contributed by atoms with Gasteiger partial charge in [0.05, 0.1) is 0 Å². The Bertz CT molecular complexity index is 557. The molecule has 3 heterocycles. The quantitative estimate of drug-likeness (QED) is 0.843. The Morgan fingerprint density at radius 3 is 3.14 bits per heavy atom. The third-order valence-electron chi connectivity index (χ3n) is 5.25. The number of carbonyl (C=O) groups is 1. The Hall–Kier alpha value is -1.39. The average Bonchev–Trinajstić information content (AvgIpc) is 3.01. The zero-order chi connectivity index (χ0) is 14.2. The SMILES string of the molecule is O=C(c1cccc2c1CCNC2)N1CCN2CCCC2C1. The first kappa shape index (κ1) is 13.3. The molecule has 2 fully saturated rings. The minimum Gasteiger partial charge on any atom is -0.336 e. The van der Waals surface area contributed by atoms with Crippen molar-refractivity contribution in [2.75, 3.05) is 32.7 Å². The van der Waals surface area contributed by atoms with E-state index in [4.69, 9.17) is 0 Å². The van der Waals surface area contributed by atoms with Gasteiger partial charge in [0.15, 0.2) is 0 Å². The molecule has 0 aromatic heterocycles. The van der Waals surface area contributed by atoms with Crippen LogP contribution < -0.4 is 5.32 Å². The number of nitrogens with zero attached hydrogens (tertiary/aromatic N) is 2. The lowest BCUT2D eigenvalue weighted by atomic mass is 9.94. The molecule has 1 aromatic rings. The first-order chi connectivity index (χ1) is 10.3. The van der Waals surface area contributed by atoms with E-state index in [0.717, 1.165) is 44.7 Å². The molecule has 0 spiro atoms. The van der Waals surface area contributed by atoms with E-state index in [1.54, 1.807) is 0 Å². The van der Waals surface area contributed by atoms with E-state index in [0.29, 0.717) is 6.04 Å². The normalized spacial score (nSPS) is 25.5. The van der Waals surface area contributed by atoms with Gasteiger partial charge in [-0.1, -0.05) is 12.1 Å². The number of rotatable bonds is 1. The van der Waals surface area contributed by atoms with Crippen molar-refractivity contribution in [2.45, 2.75) is 31.8 Å². The Labute approximate surface area is 126 Å². The summed E-state index contributed by atoms with van der Waals surface area (Å²) in [4.78, 5) is 17.6. The molecule has 2 saturated heterocycles. The molecule has 4 nitrogen and oxygen atoms in total. The molecule has 112 valence electrons. The van der Waals surface area contributed by atoms with Crippen LogP contribution >= 0.6 is 0 Å². The van der Waals surface area contributed by atoms with Gasteiger partial charge in [0.25, 0.3) is 5.91 Å². The molecule has 4 rings (SSSR count). The molecule has 1 unspecified atom stereocenters. The fraction of sp³-hybridized carbons (Fsp3) is 0.588. The summed E-state index contributed by atoms with van der Waals surface area (Å²) in [5.41, 5.74) is 3.52. The van der Waals surface area contributed by atoms with Crippen molar-refractivity contribution in [2.24, 2.45) is 0 Å². The van der Waals surface area contributed by atoms with Gasteiger partial charge in [-0.25, -0.2) is 0 Å². The van der Waals surface area contributed by atoms with Crippen molar-refractivity contribution in [3.05, 3.63) is 34.9 Å². The van der Waals surface area contributed by atoms with Gasteiger partial charge in [0.1, 0.15) is 0 Å². The summed E-state index contributed by atoms with van der Waals surface area (Å²) in [6, 6.07) is 6.80. The topological polar surface area (TPSA) is 35.6 Å². The summed E-state index contributed by atoms with van der Waals surface area (Å²) in [6.45, 7) is 5.95. The minimum atomic E-state index is 0.250. The Morgan fingerprint density at radius 1 is 1.24 bits per heavy atom. The molecule has 1 N–H and O–H groups in total. The molecular weight excluding hydrogens is 262 g/mol. The Balaban J connectivity index is 1.57. The third-order valence-corrected chi connectivity index (χ3v) is 5.25. The van der Waals surface area contributed by atoms with Crippen molar-refractivity contribution in [1.82, 2.24) is 15.1 Å². The Kier molecular flexibility index (Phi) is 3.43. The molecule has 1 amide bonds. The maximum Gasteiger partial charge on any atom is 0.254 e. The number of fused-ring (bicyclic) bond motifs is 2. The average molecular weight is 285 g/mol. The van der Waals surface area contributed by atoms with Crippen LogP contribution in [0.5, 0.6) is 0 Å². The van der Waals surface area contributed by atoms with Gasteiger partial charge in [-0.3, -0.25) is 9.69 Å². The molecule has 4 heteroatoms. The summed E-state index contributed by atoms with van der Waals surface area (Å²) < 4.78 is 0. The number of benzene rings is 1. The molecule has 0 radical (unpaired) electrons. The predicted molar refractivity (Wildman–Crippen MR) is 82.4 cm³/mol. The first-order valence-corrected chi connectivity index (χ1v) is 8.18. The zero-order valence-corrected chi connectivity index (χ0v) is 12.5. The Morgan fingerprint density at radius 2 is 2.19 bits per heavy atom.